The minimum absolute atomic E-state index is 0.0388. The summed E-state index contributed by atoms with van der Waals surface area (Å²) in [5.74, 6) is -0.0388. The molecule has 0 fully saturated rings. The molecule has 1 rings (SSSR count). The van der Waals surface area contributed by atoms with Gasteiger partial charge in [-0.15, -0.1) is 0 Å². The summed E-state index contributed by atoms with van der Waals surface area (Å²) in [5.41, 5.74) is 0.744. The Morgan fingerprint density at radius 1 is 1.43 bits per heavy atom. The first kappa shape index (κ1) is 10.7. The van der Waals surface area contributed by atoms with Gasteiger partial charge in [0.25, 0.3) is 0 Å². The number of benzene rings is 1. The summed E-state index contributed by atoms with van der Waals surface area (Å²) in [6.45, 7) is 1.82. The zero-order valence-corrected chi connectivity index (χ0v) is 8.29. The van der Waals surface area contributed by atoms with Crippen molar-refractivity contribution in [2.24, 2.45) is 0 Å². The third-order valence-electron chi connectivity index (χ3n) is 1.41. The van der Waals surface area contributed by atoms with Crippen LogP contribution in [-0.2, 0) is 10.5 Å². The first-order valence-corrected chi connectivity index (χ1v) is 5.19. The molecular weight excluding hydrogens is 207 g/mol. The van der Waals surface area contributed by atoms with Crippen LogP contribution >= 0.6 is 0 Å². The highest BCUT2D eigenvalue weighted by molar-refractivity contribution is 7.81. The van der Waals surface area contributed by atoms with E-state index in [1.807, 2.05) is 6.92 Å². The summed E-state index contributed by atoms with van der Waals surface area (Å²) < 4.78 is 36.5. The van der Waals surface area contributed by atoms with Crippen LogP contribution in [0, 0.1) is 0 Å². The van der Waals surface area contributed by atoms with Crippen molar-refractivity contribution >= 4 is 16.6 Å². The Morgan fingerprint density at radius 3 is 2.71 bits per heavy atom. The molecule has 0 aliphatic rings. The lowest BCUT2D eigenvalue weighted by atomic mass is 10.2. The molecule has 0 atom stereocenters. The maximum absolute atomic E-state index is 12.1. The summed E-state index contributed by atoms with van der Waals surface area (Å²) in [6.07, 6.45) is 3.53. The van der Waals surface area contributed by atoms with Gasteiger partial charge in [-0.1, -0.05) is 28.2 Å². The lowest BCUT2D eigenvalue weighted by molar-refractivity contribution is 0.440. The molecule has 0 amide bonds. The van der Waals surface area contributed by atoms with Gasteiger partial charge in [0.1, 0.15) is 5.75 Å². The van der Waals surface area contributed by atoms with Crippen LogP contribution in [0.2, 0.25) is 0 Å². The minimum Gasteiger partial charge on any atom is -0.358 e. The molecule has 0 radical (unpaired) electrons. The number of hydrogen-bond donors (Lipinski definition) is 0. The summed E-state index contributed by atoms with van der Waals surface area (Å²) in [6, 6.07) is 6.12. The predicted molar refractivity (Wildman–Crippen MR) is 51.8 cm³/mol. The van der Waals surface area contributed by atoms with E-state index < -0.39 is 10.5 Å². The van der Waals surface area contributed by atoms with Crippen molar-refractivity contribution in [1.29, 1.82) is 0 Å². The fraction of sp³-hybridized carbons (Fsp3) is 0.111. The third kappa shape index (κ3) is 3.57. The predicted octanol–water partition coefficient (Wildman–Crippen LogP) is 2.31. The van der Waals surface area contributed by atoms with Gasteiger partial charge < -0.3 is 4.18 Å². The molecule has 0 bridgehead atoms. The maximum Gasteiger partial charge on any atom is 0.488 e. The molecule has 5 heteroatoms. The van der Waals surface area contributed by atoms with E-state index in [-0.39, 0.29) is 5.75 Å². The van der Waals surface area contributed by atoms with Gasteiger partial charge in [0.2, 0.25) is 0 Å². The number of halogens is 1. The first-order chi connectivity index (χ1) is 6.51. The van der Waals surface area contributed by atoms with Crippen LogP contribution in [0.3, 0.4) is 0 Å². The molecule has 1 aromatic rings. The molecule has 0 aliphatic carbocycles. The van der Waals surface area contributed by atoms with Crippen molar-refractivity contribution in [3.05, 3.63) is 35.9 Å². The minimum atomic E-state index is -4.93. The molecule has 0 saturated heterocycles. The lowest BCUT2D eigenvalue weighted by Gasteiger charge is -2.00. The van der Waals surface area contributed by atoms with Gasteiger partial charge >= 0.3 is 10.5 Å². The second-order valence-corrected chi connectivity index (χ2v) is 3.50. The molecule has 0 unspecified atom stereocenters. The van der Waals surface area contributed by atoms with Crippen LogP contribution in [0.4, 0.5) is 3.89 Å². The fourth-order valence-electron chi connectivity index (χ4n) is 0.977. The van der Waals surface area contributed by atoms with Crippen molar-refractivity contribution in [1.82, 2.24) is 0 Å². The monoisotopic (exact) mass is 216 g/mol. The van der Waals surface area contributed by atoms with Gasteiger partial charge in [-0.05, 0) is 24.6 Å². The van der Waals surface area contributed by atoms with E-state index in [0.29, 0.717) is 0 Å². The topological polar surface area (TPSA) is 43.4 Å². The Morgan fingerprint density at radius 2 is 2.14 bits per heavy atom. The van der Waals surface area contributed by atoms with E-state index in [1.165, 1.54) is 12.1 Å². The second-order valence-electron chi connectivity index (χ2n) is 2.55. The Labute approximate surface area is 82.2 Å². The average Bonchev–Trinajstić information content (AvgIpc) is 2.02. The smallest absolute Gasteiger partial charge is 0.358 e. The molecule has 0 N–H and O–H groups in total. The van der Waals surface area contributed by atoms with Crippen molar-refractivity contribution < 1.29 is 16.5 Å². The van der Waals surface area contributed by atoms with Crippen LogP contribution in [0.15, 0.2) is 30.3 Å². The van der Waals surface area contributed by atoms with Crippen LogP contribution in [0.1, 0.15) is 12.5 Å². The third-order valence-corrected chi connectivity index (χ3v) is 1.80. The van der Waals surface area contributed by atoms with E-state index in [4.69, 9.17) is 0 Å². The Balaban J connectivity index is 2.95. The molecule has 3 nitrogen and oxygen atoms in total. The zero-order chi connectivity index (χ0) is 10.6. The molecule has 1 aromatic carbocycles. The fourth-order valence-corrected chi connectivity index (χ4v) is 1.31. The summed E-state index contributed by atoms with van der Waals surface area (Å²) in [7, 11) is -4.93. The van der Waals surface area contributed by atoms with Gasteiger partial charge in [0.05, 0.1) is 0 Å². The highest BCUT2D eigenvalue weighted by Crippen LogP contribution is 2.16. The maximum atomic E-state index is 12.1. The average molecular weight is 216 g/mol. The van der Waals surface area contributed by atoms with Gasteiger partial charge in [-0.25, -0.2) is 0 Å². The highest BCUT2D eigenvalue weighted by atomic mass is 32.3. The summed E-state index contributed by atoms with van der Waals surface area (Å²) in [4.78, 5) is 0. The Bertz CT molecular complexity index is 437. The summed E-state index contributed by atoms with van der Waals surface area (Å²) in [5, 5.41) is 0. The van der Waals surface area contributed by atoms with E-state index >= 15 is 0 Å². The highest BCUT2D eigenvalue weighted by Gasteiger charge is 2.08. The van der Waals surface area contributed by atoms with Gasteiger partial charge in [-0.3, -0.25) is 0 Å². The van der Waals surface area contributed by atoms with Crippen molar-refractivity contribution in [2.75, 3.05) is 0 Å². The lowest BCUT2D eigenvalue weighted by Crippen LogP contribution is -2.00. The van der Waals surface area contributed by atoms with E-state index in [1.54, 1.807) is 24.3 Å². The molecule has 76 valence electrons. The van der Waals surface area contributed by atoms with Crippen molar-refractivity contribution in [3.8, 4) is 5.75 Å². The Kier molecular flexibility index (Phi) is 3.24. The number of allylic oxidation sites excluding steroid dienone is 1. The van der Waals surface area contributed by atoms with Gasteiger partial charge in [-0.2, -0.15) is 8.42 Å². The Hall–Kier alpha value is -1.36. The molecule has 0 saturated carbocycles. The van der Waals surface area contributed by atoms with E-state index in [0.717, 1.165) is 5.56 Å². The molecule has 14 heavy (non-hydrogen) atoms. The molecule has 0 spiro atoms. The van der Waals surface area contributed by atoms with Crippen LogP contribution in [0.5, 0.6) is 5.75 Å². The van der Waals surface area contributed by atoms with Gasteiger partial charge in [0, 0.05) is 0 Å². The van der Waals surface area contributed by atoms with Crippen LogP contribution in [0.25, 0.3) is 6.08 Å². The van der Waals surface area contributed by atoms with Crippen molar-refractivity contribution in [2.45, 2.75) is 6.92 Å². The first-order valence-electron chi connectivity index (χ1n) is 3.88. The molecule has 0 aliphatic heterocycles. The molecule has 0 aromatic heterocycles. The quantitative estimate of drug-likeness (QED) is 0.728. The second kappa shape index (κ2) is 4.23. The molecule has 0 heterocycles. The standard InChI is InChI=1S/C9H9FO3S/c1-2-4-8-5-3-6-9(7-8)13-14(10,11)12/h2-7H,1H3/b4-2+. The SMILES string of the molecule is C/C=C/c1cccc(OS(=O)(=O)F)c1. The van der Waals surface area contributed by atoms with Crippen LogP contribution in [-0.4, -0.2) is 8.42 Å². The van der Waals surface area contributed by atoms with Crippen molar-refractivity contribution in [3.63, 3.8) is 0 Å². The summed E-state index contributed by atoms with van der Waals surface area (Å²) >= 11 is 0. The zero-order valence-electron chi connectivity index (χ0n) is 7.48. The molecular formula is C9H9FO3S. The largest absolute Gasteiger partial charge is 0.488 e. The van der Waals surface area contributed by atoms with E-state index in [9.17, 15) is 12.3 Å². The van der Waals surface area contributed by atoms with E-state index in [2.05, 4.69) is 4.18 Å². The number of hydrogen-bond acceptors (Lipinski definition) is 3. The van der Waals surface area contributed by atoms with Crippen LogP contribution < -0.4 is 4.18 Å². The normalized spacial score (nSPS) is 11.9. The number of rotatable bonds is 3. The van der Waals surface area contributed by atoms with Gasteiger partial charge in [0.15, 0.2) is 0 Å².